The number of anilines is 1. The van der Waals surface area contributed by atoms with Gasteiger partial charge < -0.3 is 10.0 Å². The summed E-state index contributed by atoms with van der Waals surface area (Å²) >= 11 is 0. The summed E-state index contributed by atoms with van der Waals surface area (Å²) in [5, 5.41) is 28.3. The van der Waals surface area contributed by atoms with Crippen LogP contribution in [0.3, 0.4) is 0 Å². The van der Waals surface area contributed by atoms with Crippen molar-refractivity contribution in [2.45, 2.75) is 6.42 Å². The molecule has 1 N–H and O–H groups in total. The van der Waals surface area contributed by atoms with Crippen molar-refractivity contribution in [2.24, 2.45) is 0 Å². The second-order valence-corrected chi connectivity index (χ2v) is 3.57. The molecule has 0 spiro atoms. The Morgan fingerprint density at radius 3 is 2.82 bits per heavy atom. The molecule has 1 aromatic carbocycles. The monoisotopic (exact) mass is 235 g/mol. The minimum Gasteiger partial charge on any atom is -0.396 e. The summed E-state index contributed by atoms with van der Waals surface area (Å²) < 4.78 is 0. The van der Waals surface area contributed by atoms with Gasteiger partial charge in [0.05, 0.1) is 16.6 Å². The number of hydrogen-bond donors (Lipinski definition) is 1. The number of aliphatic hydroxyl groups excluding tert-OH is 1. The maximum atomic E-state index is 10.9. The van der Waals surface area contributed by atoms with Gasteiger partial charge in [0.25, 0.3) is 5.69 Å². The lowest BCUT2D eigenvalue weighted by Crippen LogP contribution is -2.20. The van der Waals surface area contributed by atoms with Gasteiger partial charge in [-0.1, -0.05) is 0 Å². The molecule has 6 heteroatoms. The molecule has 0 amide bonds. The van der Waals surface area contributed by atoms with E-state index in [-0.39, 0.29) is 17.9 Å². The van der Waals surface area contributed by atoms with E-state index < -0.39 is 4.92 Å². The van der Waals surface area contributed by atoms with Gasteiger partial charge in [0.15, 0.2) is 0 Å². The van der Waals surface area contributed by atoms with Gasteiger partial charge >= 0.3 is 0 Å². The lowest BCUT2D eigenvalue weighted by molar-refractivity contribution is -0.384. The van der Waals surface area contributed by atoms with Crippen LogP contribution in [0.2, 0.25) is 0 Å². The average Bonchev–Trinajstić information content (AvgIpc) is 2.35. The van der Waals surface area contributed by atoms with Crippen LogP contribution in [0.4, 0.5) is 11.4 Å². The van der Waals surface area contributed by atoms with Crippen LogP contribution in [0.25, 0.3) is 0 Å². The maximum absolute atomic E-state index is 10.9. The van der Waals surface area contributed by atoms with Gasteiger partial charge in [0, 0.05) is 26.3 Å². The van der Waals surface area contributed by atoms with Crippen LogP contribution in [0.5, 0.6) is 0 Å². The number of nitrogens with zero attached hydrogens (tertiary/aromatic N) is 3. The van der Waals surface area contributed by atoms with Gasteiger partial charge in [0.2, 0.25) is 0 Å². The quantitative estimate of drug-likeness (QED) is 0.613. The second-order valence-electron chi connectivity index (χ2n) is 3.57. The van der Waals surface area contributed by atoms with Gasteiger partial charge in [-0.15, -0.1) is 0 Å². The first-order chi connectivity index (χ1) is 8.10. The molecule has 0 aliphatic heterocycles. The molecule has 0 saturated carbocycles. The molecule has 90 valence electrons. The Hall–Kier alpha value is -2.13. The minimum atomic E-state index is -0.508. The topological polar surface area (TPSA) is 90.4 Å². The van der Waals surface area contributed by atoms with Crippen molar-refractivity contribution in [3.63, 3.8) is 0 Å². The predicted molar refractivity (Wildman–Crippen MR) is 62.8 cm³/mol. The summed E-state index contributed by atoms with van der Waals surface area (Å²) in [7, 11) is 1.71. The number of aliphatic hydroxyl groups is 1. The number of nitro groups is 1. The van der Waals surface area contributed by atoms with E-state index in [4.69, 9.17) is 10.4 Å². The summed E-state index contributed by atoms with van der Waals surface area (Å²) in [6.07, 6.45) is 0.535. The standard InChI is InChI=1S/C11H13N3O3/c1-13(5-2-6-15)10-4-3-9(8-12)7-11(10)14(16)17/h3-4,7,15H,2,5-6H2,1H3. The van der Waals surface area contributed by atoms with E-state index in [1.165, 1.54) is 12.1 Å². The summed E-state index contributed by atoms with van der Waals surface area (Å²) in [6, 6.07) is 6.21. The smallest absolute Gasteiger partial charge is 0.293 e. The molecule has 17 heavy (non-hydrogen) atoms. The molecule has 0 radical (unpaired) electrons. The highest BCUT2D eigenvalue weighted by Gasteiger charge is 2.17. The van der Waals surface area contributed by atoms with Gasteiger partial charge in [-0.05, 0) is 18.6 Å². The number of benzene rings is 1. The third-order valence-electron chi connectivity index (χ3n) is 2.36. The molecule has 0 aliphatic rings. The number of hydrogen-bond acceptors (Lipinski definition) is 5. The minimum absolute atomic E-state index is 0.0361. The Bertz CT molecular complexity index is 454. The molecular weight excluding hydrogens is 222 g/mol. The van der Waals surface area contributed by atoms with Crippen LogP contribution >= 0.6 is 0 Å². The van der Waals surface area contributed by atoms with Crippen molar-refractivity contribution < 1.29 is 10.0 Å². The first-order valence-electron chi connectivity index (χ1n) is 5.10. The van der Waals surface area contributed by atoms with Crippen LogP contribution < -0.4 is 4.90 Å². The highest BCUT2D eigenvalue weighted by Crippen LogP contribution is 2.28. The van der Waals surface area contributed by atoms with E-state index >= 15 is 0 Å². The van der Waals surface area contributed by atoms with E-state index in [2.05, 4.69) is 0 Å². The molecule has 0 unspecified atom stereocenters. The van der Waals surface area contributed by atoms with E-state index in [1.807, 2.05) is 6.07 Å². The number of nitriles is 1. The van der Waals surface area contributed by atoms with Crippen molar-refractivity contribution in [3.05, 3.63) is 33.9 Å². The first kappa shape index (κ1) is 12.9. The molecule has 0 bridgehead atoms. The summed E-state index contributed by atoms with van der Waals surface area (Å²) in [4.78, 5) is 12.1. The summed E-state index contributed by atoms with van der Waals surface area (Å²) in [5.41, 5.74) is 0.614. The zero-order valence-corrected chi connectivity index (χ0v) is 9.46. The molecule has 0 atom stereocenters. The number of rotatable bonds is 5. The Labute approximate surface area is 98.9 Å². The molecular formula is C11H13N3O3. The fraction of sp³-hybridized carbons (Fsp3) is 0.364. The molecule has 0 heterocycles. The SMILES string of the molecule is CN(CCCO)c1ccc(C#N)cc1[N+](=O)[O-]. The van der Waals surface area contributed by atoms with Gasteiger partial charge in [-0.25, -0.2) is 0 Å². The average molecular weight is 235 g/mol. The predicted octanol–water partition coefficient (Wildman–Crippen LogP) is 1.29. The zero-order valence-electron chi connectivity index (χ0n) is 9.46. The third kappa shape index (κ3) is 3.16. The van der Waals surface area contributed by atoms with Gasteiger partial charge in [0.1, 0.15) is 5.69 Å². The largest absolute Gasteiger partial charge is 0.396 e. The van der Waals surface area contributed by atoms with Crippen LogP contribution in [0, 0.1) is 21.4 Å². The molecule has 6 nitrogen and oxygen atoms in total. The fourth-order valence-electron chi connectivity index (χ4n) is 1.49. The third-order valence-corrected chi connectivity index (χ3v) is 2.36. The van der Waals surface area contributed by atoms with Gasteiger partial charge in [-0.2, -0.15) is 5.26 Å². The first-order valence-corrected chi connectivity index (χ1v) is 5.10. The number of nitro benzene ring substituents is 1. The van der Waals surface area contributed by atoms with E-state index in [0.717, 1.165) is 0 Å². The highest BCUT2D eigenvalue weighted by molar-refractivity contribution is 5.65. The van der Waals surface area contributed by atoms with E-state index in [1.54, 1.807) is 18.0 Å². The maximum Gasteiger partial charge on any atom is 0.293 e. The zero-order chi connectivity index (χ0) is 12.8. The summed E-state index contributed by atoms with van der Waals surface area (Å²) in [6.45, 7) is 0.553. The fourth-order valence-corrected chi connectivity index (χ4v) is 1.49. The van der Waals surface area contributed by atoms with Crippen molar-refractivity contribution in [1.82, 2.24) is 0 Å². The normalized spacial score (nSPS) is 9.71. The van der Waals surface area contributed by atoms with Crippen LogP contribution in [-0.4, -0.2) is 30.2 Å². The Balaban J connectivity index is 3.06. The van der Waals surface area contributed by atoms with Crippen molar-refractivity contribution in [3.8, 4) is 6.07 Å². The van der Waals surface area contributed by atoms with Crippen molar-refractivity contribution in [1.29, 1.82) is 5.26 Å². The van der Waals surface area contributed by atoms with E-state index in [9.17, 15) is 10.1 Å². The van der Waals surface area contributed by atoms with Crippen LogP contribution in [-0.2, 0) is 0 Å². The van der Waals surface area contributed by atoms with E-state index in [0.29, 0.717) is 18.7 Å². The highest BCUT2D eigenvalue weighted by atomic mass is 16.6. The lowest BCUT2D eigenvalue weighted by Gasteiger charge is -2.18. The molecule has 1 rings (SSSR count). The molecule has 0 aliphatic carbocycles. The second kappa shape index (κ2) is 5.82. The molecule has 0 fully saturated rings. The van der Waals surface area contributed by atoms with Gasteiger partial charge in [-0.3, -0.25) is 10.1 Å². The molecule has 1 aromatic rings. The van der Waals surface area contributed by atoms with Crippen LogP contribution in [0.15, 0.2) is 18.2 Å². The van der Waals surface area contributed by atoms with Crippen molar-refractivity contribution in [2.75, 3.05) is 25.1 Å². The Kier molecular flexibility index (Phi) is 4.43. The van der Waals surface area contributed by atoms with Crippen molar-refractivity contribution >= 4 is 11.4 Å². The Morgan fingerprint density at radius 1 is 1.59 bits per heavy atom. The molecule has 0 aromatic heterocycles. The molecule has 0 saturated heterocycles. The lowest BCUT2D eigenvalue weighted by atomic mass is 10.1. The Morgan fingerprint density at radius 2 is 2.29 bits per heavy atom. The summed E-state index contributed by atoms with van der Waals surface area (Å²) in [5.74, 6) is 0. The van der Waals surface area contributed by atoms with Crippen LogP contribution in [0.1, 0.15) is 12.0 Å².